The number of carbonyl (C=O) groups is 1. The summed E-state index contributed by atoms with van der Waals surface area (Å²) in [5.74, 6) is -0.0586. The first-order valence-corrected chi connectivity index (χ1v) is 12.6. The lowest BCUT2D eigenvalue weighted by atomic mass is 10.1. The van der Waals surface area contributed by atoms with Gasteiger partial charge in [0.15, 0.2) is 5.76 Å². The number of benzene rings is 2. The van der Waals surface area contributed by atoms with E-state index in [0.29, 0.717) is 10.9 Å². The zero-order chi connectivity index (χ0) is 24.9. The van der Waals surface area contributed by atoms with Gasteiger partial charge in [0.05, 0.1) is 11.1 Å². The average molecular weight is 497 g/mol. The highest BCUT2D eigenvalue weighted by Gasteiger charge is 2.37. The van der Waals surface area contributed by atoms with Crippen LogP contribution in [0.1, 0.15) is 33.3 Å². The third-order valence-electron chi connectivity index (χ3n) is 4.55. The molecule has 0 bridgehead atoms. The van der Waals surface area contributed by atoms with Gasteiger partial charge in [0, 0.05) is 10.9 Å². The van der Waals surface area contributed by atoms with Crippen molar-refractivity contribution in [3.63, 3.8) is 0 Å². The Morgan fingerprint density at radius 1 is 1.12 bits per heavy atom. The molecule has 0 radical (unpaired) electrons. The Kier molecular flexibility index (Phi) is 7.73. The zero-order valence-corrected chi connectivity index (χ0v) is 21.0. The van der Waals surface area contributed by atoms with E-state index in [-0.39, 0.29) is 33.6 Å². The molecule has 1 atom stereocenters. The summed E-state index contributed by atoms with van der Waals surface area (Å²) < 4.78 is 31.6. The largest absolute Gasteiger partial charge is 0.444 e. The van der Waals surface area contributed by atoms with Crippen LogP contribution in [0.25, 0.3) is 11.3 Å². The lowest BCUT2D eigenvalue weighted by Crippen LogP contribution is -2.30. The van der Waals surface area contributed by atoms with Gasteiger partial charge in [0.2, 0.25) is 5.88 Å². The molecule has 0 saturated carbocycles. The smallest absolute Gasteiger partial charge is 0.414 e. The molecule has 0 aliphatic carbocycles. The number of nitriles is 1. The molecule has 1 N–H and O–H groups in total. The number of anilines is 1. The standard InChI is InChI=1S/C25H25N2O5PS/c1-5-30-33(29,18-14-10-7-11-15-18)21-22(34)19(16-26)20(17-12-8-6-9-13-17)31-23(21)27-24(28)32-25(2,3)4/h6-15H,5H2,1-4H3,(H,27,28). The normalized spacial score (nSPS) is 12.9. The molecule has 0 aliphatic rings. The lowest BCUT2D eigenvalue weighted by molar-refractivity contribution is 0.0632. The predicted octanol–water partition coefficient (Wildman–Crippen LogP) is 6.16. The monoisotopic (exact) mass is 496 g/mol. The maximum atomic E-state index is 14.4. The lowest BCUT2D eigenvalue weighted by Gasteiger charge is -2.23. The maximum absolute atomic E-state index is 14.4. The molecule has 7 nitrogen and oxygen atoms in total. The molecule has 3 rings (SSSR count). The first kappa shape index (κ1) is 25.4. The SMILES string of the molecule is CCOP(=O)(c1ccccc1)c1c(NC(=O)OC(C)(C)C)oc(-c2ccccc2)c(C#N)c1=S. The minimum absolute atomic E-state index is 0.0156. The van der Waals surface area contributed by atoms with E-state index < -0.39 is 19.1 Å². The molecule has 0 saturated heterocycles. The van der Waals surface area contributed by atoms with E-state index in [9.17, 15) is 14.6 Å². The van der Waals surface area contributed by atoms with Crippen molar-refractivity contribution in [1.82, 2.24) is 0 Å². The molecule has 1 aromatic heterocycles. The van der Waals surface area contributed by atoms with Gasteiger partial charge in [-0.25, -0.2) is 4.79 Å². The minimum Gasteiger partial charge on any atom is -0.444 e. The summed E-state index contributed by atoms with van der Waals surface area (Å²) in [7, 11) is -3.88. The number of carbonyl (C=O) groups excluding carboxylic acids is 1. The van der Waals surface area contributed by atoms with Gasteiger partial charge in [-0.2, -0.15) is 5.26 Å². The first-order chi connectivity index (χ1) is 16.1. The van der Waals surface area contributed by atoms with Crippen LogP contribution in [0.15, 0.2) is 65.1 Å². The molecule has 0 spiro atoms. The van der Waals surface area contributed by atoms with Crippen LogP contribution in [-0.4, -0.2) is 18.3 Å². The van der Waals surface area contributed by atoms with Crippen LogP contribution >= 0.6 is 19.6 Å². The third-order valence-corrected chi connectivity index (χ3v) is 7.73. The summed E-state index contributed by atoms with van der Waals surface area (Å²) in [6.45, 7) is 6.93. The average Bonchev–Trinajstić information content (AvgIpc) is 2.79. The van der Waals surface area contributed by atoms with E-state index in [0.717, 1.165) is 0 Å². The molecule has 1 heterocycles. The van der Waals surface area contributed by atoms with Crippen LogP contribution in [0.5, 0.6) is 0 Å². The second kappa shape index (κ2) is 10.4. The van der Waals surface area contributed by atoms with Gasteiger partial charge >= 0.3 is 6.09 Å². The van der Waals surface area contributed by atoms with Crippen LogP contribution in [-0.2, 0) is 13.8 Å². The topological polar surface area (TPSA) is 102 Å². The Morgan fingerprint density at radius 2 is 1.71 bits per heavy atom. The Hall–Kier alpha value is -3.24. The van der Waals surface area contributed by atoms with E-state index in [2.05, 4.69) is 11.4 Å². The number of nitrogens with zero attached hydrogens (tertiary/aromatic N) is 1. The summed E-state index contributed by atoms with van der Waals surface area (Å²) in [5, 5.41) is 12.8. The molecule has 176 valence electrons. The first-order valence-electron chi connectivity index (χ1n) is 10.6. The number of hydrogen-bond donors (Lipinski definition) is 1. The van der Waals surface area contributed by atoms with Crippen molar-refractivity contribution >= 4 is 42.2 Å². The van der Waals surface area contributed by atoms with Crippen molar-refractivity contribution in [3.05, 3.63) is 70.7 Å². The van der Waals surface area contributed by atoms with E-state index in [1.807, 2.05) is 6.07 Å². The predicted molar refractivity (Wildman–Crippen MR) is 134 cm³/mol. The van der Waals surface area contributed by atoms with Crippen LogP contribution in [0.2, 0.25) is 0 Å². The van der Waals surface area contributed by atoms with Crippen molar-refractivity contribution in [2.24, 2.45) is 0 Å². The van der Waals surface area contributed by atoms with Gasteiger partial charge in [-0.3, -0.25) is 9.88 Å². The maximum Gasteiger partial charge on any atom is 0.414 e. The summed E-state index contributed by atoms with van der Waals surface area (Å²) in [4.78, 5) is 12.7. The van der Waals surface area contributed by atoms with Gasteiger partial charge in [-0.15, -0.1) is 0 Å². The van der Waals surface area contributed by atoms with Crippen LogP contribution < -0.4 is 15.9 Å². The second-order valence-corrected chi connectivity index (χ2v) is 11.0. The van der Waals surface area contributed by atoms with Crippen molar-refractivity contribution in [1.29, 1.82) is 5.26 Å². The number of hydrogen-bond acceptors (Lipinski definition) is 7. The molecule has 34 heavy (non-hydrogen) atoms. The summed E-state index contributed by atoms with van der Waals surface area (Å²) in [6.07, 6.45) is -0.827. The van der Waals surface area contributed by atoms with Gasteiger partial charge in [0.25, 0.3) is 7.37 Å². The highest BCUT2D eigenvalue weighted by Crippen LogP contribution is 2.48. The van der Waals surface area contributed by atoms with Crippen LogP contribution in [0.4, 0.5) is 10.7 Å². The molecule has 0 aliphatic heterocycles. The fourth-order valence-electron chi connectivity index (χ4n) is 3.24. The van der Waals surface area contributed by atoms with Crippen molar-refractivity contribution in [3.8, 4) is 17.4 Å². The van der Waals surface area contributed by atoms with E-state index in [1.54, 1.807) is 82.3 Å². The second-order valence-electron chi connectivity index (χ2n) is 8.22. The quantitative estimate of drug-likeness (QED) is 0.322. The molecule has 0 fully saturated rings. The minimum atomic E-state index is -3.88. The van der Waals surface area contributed by atoms with Gasteiger partial charge < -0.3 is 13.7 Å². The molecule has 3 aromatic rings. The highest BCUT2D eigenvalue weighted by molar-refractivity contribution is 7.77. The molecule has 1 unspecified atom stereocenters. The summed E-state index contributed by atoms with van der Waals surface area (Å²) >= 11 is 5.66. The van der Waals surface area contributed by atoms with Crippen molar-refractivity contribution in [2.75, 3.05) is 11.9 Å². The highest BCUT2D eigenvalue weighted by atomic mass is 32.1. The summed E-state index contributed by atoms with van der Waals surface area (Å²) in [6, 6.07) is 19.4. The Morgan fingerprint density at radius 3 is 2.24 bits per heavy atom. The molecule has 1 amide bonds. The third kappa shape index (κ3) is 5.45. The van der Waals surface area contributed by atoms with Gasteiger partial charge in [0.1, 0.15) is 22.5 Å². The number of rotatable bonds is 6. The fourth-order valence-corrected chi connectivity index (χ4v) is 6.05. The molecular weight excluding hydrogens is 471 g/mol. The van der Waals surface area contributed by atoms with E-state index >= 15 is 0 Å². The Labute approximate surface area is 203 Å². The number of nitrogens with one attached hydrogen (secondary N) is 1. The Bertz CT molecular complexity index is 1330. The number of amides is 1. The summed E-state index contributed by atoms with van der Waals surface area (Å²) in [5.41, 5.74) is -0.212. The van der Waals surface area contributed by atoms with E-state index in [4.69, 9.17) is 25.9 Å². The van der Waals surface area contributed by atoms with Crippen molar-refractivity contribution in [2.45, 2.75) is 33.3 Å². The van der Waals surface area contributed by atoms with Crippen LogP contribution in [0.3, 0.4) is 0 Å². The zero-order valence-electron chi connectivity index (χ0n) is 19.3. The molecular formula is C25H25N2O5PS. The van der Waals surface area contributed by atoms with Gasteiger partial charge in [-0.05, 0) is 39.8 Å². The Balaban J connectivity index is 2.35. The van der Waals surface area contributed by atoms with Crippen molar-refractivity contribution < 1.29 is 23.0 Å². The van der Waals surface area contributed by atoms with Gasteiger partial charge in [-0.1, -0.05) is 60.7 Å². The van der Waals surface area contributed by atoms with E-state index in [1.165, 1.54) is 0 Å². The fraction of sp³-hybridized carbons (Fsp3) is 0.240. The van der Waals surface area contributed by atoms with Crippen LogP contribution in [0, 0.1) is 15.8 Å². The molecule has 9 heteroatoms. The number of ether oxygens (including phenoxy) is 1. The molecule has 2 aromatic carbocycles.